The Morgan fingerprint density at radius 2 is 2.00 bits per heavy atom. The van der Waals surface area contributed by atoms with Gasteiger partial charge in [0.15, 0.2) is 0 Å². The van der Waals surface area contributed by atoms with Crippen molar-refractivity contribution in [2.45, 2.75) is 90.4 Å². The number of nitrogens with zero attached hydrogens (tertiary/aromatic N) is 2. The van der Waals surface area contributed by atoms with Crippen molar-refractivity contribution in [3.8, 4) is 0 Å². The molecule has 23 heavy (non-hydrogen) atoms. The van der Waals surface area contributed by atoms with Crippen LogP contribution in [0.2, 0.25) is 0 Å². The predicted molar refractivity (Wildman–Crippen MR) is 92.5 cm³/mol. The summed E-state index contributed by atoms with van der Waals surface area (Å²) in [5.41, 5.74) is -0.00400. The average molecular weight is 340 g/mol. The number of nitrogens with one attached hydrogen (secondary N) is 1. The molecule has 1 aromatic rings. The number of ether oxygens (including phenoxy) is 1. The molecule has 5 nitrogen and oxygen atoms in total. The van der Waals surface area contributed by atoms with Crippen molar-refractivity contribution in [2.24, 2.45) is 0 Å². The third-order valence-electron chi connectivity index (χ3n) is 4.09. The summed E-state index contributed by atoms with van der Waals surface area (Å²) in [7, 11) is 0. The van der Waals surface area contributed by atoms with Crippen LogP contribution in [0.15, 0.2) is 0 Å². The Balaban J connectivity index is 1.83. The van der Waals surface area contributed by atoms with Gasteiger partial charge in [-0.2, -0.15) is 0 Å². The summed E-state index contributed by atoms with van der Waals surface area (Å²) >= 11 is 1.56. The quantitative estimate of drug-likeness (QED) is 0.860. The zero-order valence-corrected chi connectivity index (χ0v) is 15.5. The lowest BCUT2D eigenvalue weighted by Gasteiger charge is -2.26. The van der Waals surface area contributed by atoms with E-state index in [0.717, 1.165) is 22.9 Å². The van der Waals surface area contributed by atoms with Gasteiger partial charge in [-0.05, 0) is 19.3 Å². The minimum atomic E-state index is -0.354. The molecule has 1 atom stereocenters. The molecule has 6 heteroatoms. The largest absolute Gasteiger partial charge is 0.365 e. The zero-order valence-electron chi connectivity index (χ0n) is 14.7. The van der Waals surface area contributed by atoms with Crippen LogP contribution in [-0.4, -0.2) is 28.3 Å². The number of carbonyl (C=O) groups is 1. The van der Waals surface area contributed by atoms with Crippen LogP contribution in [0.1, 0.15) is 76.2 Å². The van der Waals surface area contributed by atoms with Gasteiger partial charge in [0.2, 0.25) is 5.91 Å². The van der Waals surface area contributed by atoms with Gasteiger partial charge in [0.05, 0.1) is 12.6 Å². The molecule has 0 aliphatic heterocycles. The fraction of sp³-hybridized carbons (Fsp3) is 0.824. The standard InChI is InChI=1S/C17H29N3O2S/c1-5-13(22-12-9-7-6-8-10-12)15(21)18-11-14-19-20-16(23-14)17(2,3)4/h12-13H,5-11H2,1-4H3,(H,18,21)/t13-/m1/s1. The second kappa shape index (κ2) is 8.20. The molecular weight excluding hydrogens is 310 g/mol. The van der Waals surface area contributed by atoms with Gasteiger partial charge in [0, 0.05) is 5.41 Å². The molecule has 1 aliphatic rings. The maximum Gasteiger partial charge on any atom is 0.249 e. The lowest BCUT2D eigenvalue weighted by Crippen LogP contribution is -2.38. The van der Waals surface area contributed by atoms with Crippen LogP contribution in [0.3, 0.4) is 0 Å². The van der Waals surface area contributed by atoms with Crippen LogP contribution in [0.4, 0.5) is 0 Å². The first-order chi connectivity index (χ1) is 10.9. The second-order valence-corrected chi connectivity index (χ2v) is 8.32. The third kappa shape index (κ3) is 5.53. The summed E-state index contributed by atoms with van der Waals surface area (Å²) in [5, 5.41) is 13.2. The van der Waals surface area contributed by atoms with E-state index < -0.39 is 0 Å². The molecule has 1 heterocycles. The van der Waals surface area contributed by atoms with Gasteiger partial charge >= 0.3 is 0 Å². The summed E-state index contributed by atoms with van der Waals surface area (Å²) in [4.78, 5) is 12.3. The maximum atomic E-state index is 12.3. The molecule has 0 radical (unpaired) electrons. The van der Waals surface area contributed by atoms with Crippen LogP contribution >= 0.6 is 11.3 Å². The van der Waals surface area contributed by atoms with Crippen LogP contribution < -0.4 is 5.32 Å². The summed E-state index contributed by atoms with van der Waals surface area (Å²) in [5.74, 6) is -0.0365. The van der Waals surface area contributed by atoms with Crippen molar-refractivity contribution in [2.75, 3.05) is 0 Å². The van der Waals surface area contributed by atoms with Crippen LogP contribution in [-0.2, 0) is 21.5 Å². The summed E-state index contributed by atoms with van der Waals surface area (Å²) in [6, 6.07) is 0. The molecule has 130 valence electrons. The summed E-state index contributed by atoms with van der Waals surface area (Å²) < 4.78 is 6.01. The molecule has 1 aliphatic carbocycles. The second-order valence-electron chi connectivity index (χ2n) is 7.26. The Hall–Kier alpha value is -1.01. The van der Waals surface area contributed by atoms with E-state index in [4.69, 9.17) is 4.74 Å². The number of carbonyl (C=O) groups excluding carboxylic acids is 1. The zero-order chi connectivity index (χ0) is 16.9. The Bertz CT molecular complexity index is 504. The predicted octanol–water partition coefficient (Wildman–Crippen LogP) is 3.58. The van der Waals surface area contributed by atoms with Crippen molar-refractivity contribution in [3.05, 3.63) is 10.0 Å². The Morgan fingerprint density at radius 3 is 2.57 bits per heavy atom. The Labute approximate surface area is 143 Å². The third-order valence-corrected chi connectivity index (χ3v) is 5.44. The lowest BCUT2D eigenvalue weighted by molar-refractivity contribution is -0.138. The van der Waals surface area contributed by atoms with Crippen molar-refractivity contribution in [3.63, 3.8) is 0 Å². The van der Waals surface area contributed by atoms with Gasteiger partial charge in [-0.15, -0.1) is 10.2 Å². The SMILES string of the molecule is CC[C@@H](OC1CCCCC1)C(=O)NCc1nnc(C(C)(C)C)s1. The van der Waals surface area contributed by atoms with E-state index >= 15 is 0 Å². The molecule has 0 spiro atoms. The van der Waals surface area contributed by atoms with Gasteiger partial charge in [0.25, 0.3) is 0 Å². The minimum Gasteiger partial charge on any atom is -0.365 e. The Kier molecular flexibility index (Phi) is 6.53. The van der Waals surface area contributed by atoms with E-state index in [-0.39, 0.29) is 23.5 Å². The first kappa shape index (κ1) is 18.3. The van der Waals surface area contributed by atoms with E-state index in [1.54, 1.807) is 11.3 Å². The minimum absolute atomic E-state index is 0.00400. The summed E-state index contributed by atoms with van der Waals surface area (Å²) in [6.07, 6.45) is 6.46. The highest BCUT2D eigenvalue weighted by atomic mass is 32.1. The smallest absolute Gasteiger partial charge is 0.249 e. The molecule has 0 bridgehead atoms. The molecule has 0 aromatic carbocycles. The van der Waals surface area contributed by atoms with E-state index in [9.17, 15) is 4.79 Å². The monoisotopic (exact) mass is 339 g/mol. The molecule has 1 aromatic heterocycles. The molecule has 1 N–H and O–H groups in total. The maximum absolute atomic E-state index is 12.3. The van der Waals surface area contributed by atoms with Gasteiger partial charge in [0.1, 0.15) is 16.1 Å². The Morgan fingerprint density at radius 1 is 1.30 bits per heavy atom. The number of hydrogen-bond donors (Lipinski definition) is 1. The van der Waals surface area contributed by atoms with Crippen molar-refractivity contribution in [1.29, 1.82) is 0 Å². The normalized spacial score (nSPS) is 17.9. The van der Waals surface area contributed by atoms with E-state index in [1.807, 2.05) is 6.92 Å². The number of aromatic nitrogens is 2. The summed E-state index contributed by atoms with van der Waals surface area (Å²) in [6.45, 7) is 8.76. The van der Waals surface area contributed by atoms with Crippen LogP contribution in [0.5, 0.6) is 0 Å². The van der Waals surface area contributed by atoms with Crippen molar-refractivity contribution < 1.29 is 9.53 Å². The number of rotatable bonds is 6. The average Bonchev–Trinajstić information content (AvgIpc) is 3.00. The topological polar surface area (TPSA) is 64.1 Å². The van der Waals surface area contributed by atoms with Crippen LogP contribution in [0, 0.1) is 0 Å². The number of amides is 1. The van der Waals surface area contributed by atoms with Gasteiger partial charge < -0.3 is 10.1 Å². The van der Waals surface area contributed by atoms with E-state index in [1.165, 1.54) is 19.3 Å². The highest BCUT2D eigenvalue weighted by Gasteiger charge is 2.24. The molecule has 0 unspecified atom stereocenters. The van der Waals surface area contributed by atoms with Gasteiger partial charge in [-0.1, -0.05) is 58.3 Å². The molecule has 0 saturated heterocycles. The van der Waals surface area contributed by atoms with Gasteiger partial charge in [-0.25, -0.2) is 0 Å². The first-order valence-corrected chi connectivity index (χ1v) is 9.48. The highest BCUT2D eigenvalue weighted by Crippen LogP contribution is 2.25. The lowest BCUT2D eigenvalue weighted by atomic mass is 9.97. The molecule has 2 rings (SSSR count). The van der Waals surface area contributed by atoms with E-state index in [0.29, 0.717) is 13.0 Å². The highest BCUT2D eigenvalue weighted by molar-refractivity contribution is 7.11. The van der Waals surface area contributed by atoms with Gasteiger partial charge in [-0.3, -0.25) is 4.79 Å². The van der Waals surface area contributed by atoms with Crippen LogP contribution in [0.25, 0.3) is 0 Å². The fourth-order valence-corrected chi connectivity index (χ4v) is 3.52. The number of hydrogen-bond acceptors (Lipinski definition) is 5. The van der Waals surface area contributed by atoms with E-state index in [2.05, 4.69) is 36.3 Å². The first-order valence-electron chi connectivity index (χ1n) is 8.66. The molecule has 1 fully saturated rings. The van der Waals surface area contributed by atoms with Crippen molar-refractivity contribution >= 4 is 17.2 Å². The fourth-order valence-electron chi connectivity index (χ4n) is 2.68. The molecule has 1 saturated carbocycles. The van der Waals surface area contributed by atoms with Crippen molar-refractivity contribution in [1.82, 2.24) is 15.5 Å². The molecular formula is C17H29N3O2S. The molecule has 1 amide bonds.